The van der Waals surface area contributed by atoms with Crippen molar-refractivity contribution in [3.8, 4) is 0 Å². The van der Waals surface area contributed by atoms with Crippen LogP contribution in [0, 0.1) is 0 Å². The molecule has 0 aromatic heterocycles. The fourth-order valence-corrected chi connectivity index (χ4v) is 2.23. The van der Waals surface area contributed by atoms with E-state index >= 15 is 0 Å². The lowest BCUT2D eigenvalue weighted by atomic mass is 10.0. The fraction of sp³-hybridized carbons (Fsp3) is 1.00. The van der Waals surface area contributed by atoms with Gasteiger partial charge in [-0.05, 0) is 38.9 Å². The van der Waals surface area contributed by atoms with E-state index in [1.54, 1.807) is 0 Å². The monoisotopic (exact) mass is 228 g/mol. The van der Waals surface area contributed by atoms with Crippen LogP contribution in [-0.4, -0.2) is 50.3 Å². The van der Waals surface area contributed by atoms with Crippen molar-refractivity contribution >= 4 is 0 Å². The molecule has 1 fully saturated rings. The summed E-state index contributed by atoms with van der Waals surface area (Å²) in [6.07, 6.45) is 5.24. The van der Waals surface area contributed by atoms with Crippen LogP contribution in [0.25, 0.3) is 0 Å². The summed E-state index contributed by atoms with van der Waals surface area (Å²) in [4.78, 5) is 2.40. The number of piperidine rings is 1. The van der Waals surface area contributed by atoms with Gasteiger partial charge in [0, 0.05) is 19.2 Å². The second kappa shape index (κ2) is 8.97. The molecule has 0 bridgehead atoms. The van der Waals surface area contributed by atoms with Gasteiger partial charge in [-0.15, -0.1) is 0 Å². The minimum atomic E-state index is 0.710. The molecule has 0 radical (unpaired) electrons. The number of nitrogens with zero attached hydrogens (tertiary/aromatic N) is 1. The van der Waals surface area contributed by atoms with Gasteiger partial charge in [-0.25, -0.2) is 0 Å². The zero-order valence-electron chi connectivity index (χ0n) is 11.0. The smallest absolute Gasteiger partial charge is 0.0593 e. The summed E-state index contributed by atoms with van der Waals surface area (Å²) in [6, 6.07) is 0.710. The standard InChI is InChI=1S/C13H28N2O/c1-3-15(4-2)10-12-16-11-8-13-7-5-6-9-14-13/h13-14H,3-12H2,1-2H3. The highest BCUT2D eigenvalue weighted by Crippen LogP contribution is 2.09. The quantitative estimate of drug-likeness (QED) is 0.642. The van der Waals surface area contributed by atoms with E-state index in [0.29, 0.717) is 6.04 Å². The minimum absolute atomic E-state index is 0.710. The normalized spacial score (nSPS) is 21.6. The summed E-state index contributed by atoms with van der Waals surface area (Å²) in [6.45, 7) is 10.7. The number of nitrogens with one attached hydrogen (secondary N) is 1. The van der Waals surface area contributed by atoms with Gasteiger partial charge in [0.05, 0.1) is 6.61 Å². The molecule has 1 aliphatic rings. The third kappa shape index (κ3) is 5.83. The van der Waals surface area contributed by atoms with Gasteiger partial charge in [0.15, 0.2) is 0 Å². The Labute approximate surface area is 101 Å². The SMILES string of the molecule is CCN(CC)CCOCCC1CCCCN1. The third-order valence-electron chi connectivity index (χ3n) is 3.47. The van der Waals surface area contributed by atoms with Crippen LogP contribution in [0.15, 0.2) is 0 Å². The molecular formula is C13H28N2O. The molecule has 0 aromatic rings. The molecule has 0 aliphatic carbocycles. The van der Waals surface area contributed by atoms with E-state index in [2.05, 4.69) is 24.1 Å². The molecule has 1 unspecified atom stereocenters. The highest BCUT2D eigenvalue weighted by molar-refractivity contribution is 4.71. The second-order valence-corrected chi connectivity index (χ2v) is 4.57. The van der Waals surface area contributed by atoms with Gasteiger partial charge in [0.1, 0.15) is 0 Å². The lowest BCUT2D eigenvalue weighted by Gasteiger charge is -2.23. The van der Waals surface area contributed by atoms with E-state index in [4.69, 9.17) is 4.74 Å². The summed E-state index contributed by atoms with van der Waals surface area (Å²) in [5.74, 6) is 0. The molecule has 0 amide bonds. The van der Waals surface area contributed by atoms with E-state index in [1.807, 2.05) is 0 Å². The van der Waals surface area contributed by atoms with Crippen LogP contribution in [0.2, 0.25) is 0 Å². The molecule has 0 aromatic carbocycles. The van der Waals surface area contributed by atoms with Gasteiger partial charge in [0.25, 0.3) is 0 Å². The Morgan fingerprint density at radius 3 is 2.62 bits per heavy atom. The third-order valence-corrected chi connectivity index (χ3v) is 3.47. The Balaban J connectivity index is 1.90. The van der Waals surface area contributed by atoms with E-state index in [0.717, 1.165) is 32.8 Å². The molecule has 1 atom stereocenters. The van der Waals surface area contributed by atoms with Crippen LogP contribution in [0.5, 0.6) is 0 Å². The number of likely N-dealkylation sites (N-methyl/N-ethyl adjacent to an activating group) is 1. The summed E-state index contributed by atoms with van der Waals surface area (Å²) in [5.41, 5.74) is 0. The van der Waals surface area contributed by atoms with Gasteiger partial charge in [-0.1, -0.05) is 20.3 Å². The Morgan fingerprint density at radius 1 is 1.19 bits per heavy atom. The van der Waals surface area contributed by atoms with E-state index < -0.39 is 0 Å². The lowest BCUT2D eigenvalue weighted by molar-refractivity contribution is 0.0974. The second-order valence-electron chi connectivity index (χ2n) is 4.57. The first-order valence-electron chi connectivity index (χ1n) is 6.90. The van der Waals surface area contributed by atoms with Crippen molar-refractivity contribution in [2.24, 2.45) is 0 Å². The van der Waals surface area contributed by atoms with Crippen molar-refractivity contribution in [3.63, 3.8) is 0 Å². The van der Waals surface area contributed by atoms with Crippen molar-refractivity contribution < 1.29 is 4.74 Å². The first kappa shape index (κ1) is 13.9. The zero-order valence-corrected chi connectivity index (χ0v) is 11.0. The molecule has 0 spiro atoms. The molecule has 1 heterocycles. The molecule has 3 nitrogen and oxygen atoms in total. The van der Waals surface area contributed by atoms with Crippen molar-refractivity contribution in [3.05, 3.63) is 0 Å². The van der Waals surface area contributed by atoms with E-state index in [9.17, 15) is 0 Å². The van der Waals surface area contributed by atoms with Crippen molar-refractivity contribution in [1.29, 1.82) is 0 Å². The van der Waals surface area contributed by atoms with Crippen LogP contribution in [0.4, 0.5) is 0 Å². The molecule has 1 aliphatic heterocycles. The molecule has 3 heteroatoms. The van der Waals surface area contributed by atoms with Crippen molar-refractivity contribution in [1.82, 2.24) is 10.2 Å². The number of ether oxygens (including phenoxy) is 1. The number of rotatable bonds is 8. The summed E-state index contributed by atoms with van der Waals surface area (Å²) in [7, 11) is 0. The van der Waals surface area contributed by atoms with Crippen LogP contribution in [0.1, 0.15) is 39.5 Å². The summed E-state index contributed by atoms with van der Waals surface area (Å²) < 4.78 is 5.69. The van der Waals surface area contributed by atoms with Gasteiger partial charge in [0.2, 0.25) is 0 Å². The number of hydrogen-bond acceptors (Lipinski definition) is 3. The van der Waals surface area contributed by atoms with Crippen molar-refractivity contribution in [2.45, 2.75) is 45.6 Å². The topological polar surface area (TPSA) is 24.5 Å². The maximum Gasteiger partial charge on any atom is 0.0593 e. The highest BCUT2D eigenvalue weighted by Gasteiger charge is 2.11. The van der Waals surface area contributed by atoms with Gasteiger partial charge in [-0.3, -0.25) is 0 Å². The van der Waals surface area contributed by atoms with Gasteiger partial charge >= 0.3 is 0 Å². The van der Waals surface area contributed by atoms with Gasteiger partial charge < -0.3 is 15.0 Å². The predicted octanol–water partition coefficient (Wildman–Crippen LogP) is 1.88. The Bertz CT molecular complexity index is 154. The Morgan fingerprint density at radius 2 is 2.00 bits per heavy atom. The summed E-state index contributed by atoms with van der Waals surface area (Å²) >= 11 is 0. The van der Waals surface area contributed by atoms with Gasteiger partial charge in [-0.2, -0.15) is 0 Å². The first-order chi connectivity index (χ1) is 7.86. The van der Waals surface area contributed by atoms with Crippen LogP contribution in [-0.2, 0) is 4.74 Å². The average Bonchev–Trinajstić information content (AvgIpc) is 2.35. The minimum Gasteiger partial charge on any atom is -0.380 e. The fourth-order valence-electron chi connectivity index (χ4n) is 2.23. The van der Waals surface area contributed by atoms with Crippen LogP contribution >= 0.6 is 0 Å². The number of hydrogen-bond donors (Lipinski definition) is 1. The highest BCUT2D eigenvalue weighted by atomic mass is 16.5. The summed E-state index contributed by atoms with van der Waals surface area (Å²) in [5, 5.41) is 3.55. The molecule has 1 saturated heterocycles. The zero-order chi connectivity index (χ0) is 11.6. The molecule has 0 saturated carbocycles. The predicted molar refractivity (Wildman–Crippen MR) is 68.9 cm³/mol. The van der Waals surface area contributed by atoms with Crippen LogP contribution < -0.4 is 5.32 Å². The molecular weight excluding hydrogens is 200 g/mol. The maximum atomic E-state index is 5.69. The molecule has 16 heavy (non-hydrogen) atoms. The lowest BCUT2D eigenvalue weighted by Crippen LogP contribution is -2.35. The molecule has 1 rings (SSSR count). The Kier molecular flexibility index (Phi) is 7.81. The molecule has 1 N–H and O–H groups in total. The van der Waals surface area contributed by atoms with E-state index in [1.165, 1.54) is 32.2 Å². The largest absolute Gasteiger partial charge is 0.380 e. The average molecular weight is 228 g/mol. The first-order valence-corrected chi connectivity index (χ1v) is 6.90. The van der Waals surface area contributed by atoms with Crippen molar-refractivity contribution in [2.75, 3.05) is 39.4 Å². The maximum absolute atomic E-state index is 5.69. The molecule has 96 valence electrons. The van der Waals surface area contributed by atoms with E-state index in [-0.39, 0.29) is 0 Å². The van der Waals surface area contributed by atoms with Crippen LogP contribution in [0.3, 0.4) is 0 Å². The Hall–Kier alpha value is -0.120.